The molecule has 1 aromatic carbocycles. The molecule has 0 saturated heterocycles. The SMILES string of the molecule is C#CCN(CC1CC1)c1cc(Br)ccc1C#N. The lowest BCUT2D eigenvalue weighted by Gasteiger charge is -2.23. The maximum absolute atomic E-state index is 9.13. The molecule has 0 N–H and O–H groups in total. The summed E-state index contributed by atoms with van der Waals surface area (Å²) in [6, 6.07) is 7.91. The second-order valence-corrected chi connectivity index (χ2v) is 5.22. The van der Waals surface area contributed by atoms with Gasteiger partial charge < -0.3 is 4.90 Å². The van der Waals surface area contributed by atoms with Gasteiger partial charge in [-0.05, 0) is 37.0 Å². The maximum atomic E-state index is 9.13. The van der Waals surface area contributed by atoms with Gasteiger partial charge in [0, 0.05) is 11.0 Å². The third-order valence-electron chi connectivity index (χ3n) is 2.88. The number of nitriles is 1. The molecule has 0 heterocycles. The number of hydrogen-bond acceptors (Lipinski definition) is 2. The fourth-order valence-corrected chi connectivity index (χ4v) is 2.18. The van der Waals surface area contributed by atoms with Crippen LogP contribution in [-0.2, 0) is 0 Å². The van der Waals surface area contributed by atoms with Crippen molar-refractivity contribution in [2.75, 3.05) is 18.0 Å². The number of halogens is 1. The molecule has 0 radical (unpaired) electrons. The number of benzene rings is 1. The highest BCUT2D eigenvalue weighted by atomic mass is 79.9. The normalized spacial score (nSPS) is 13.8. The Hall–Kier alpha value is -1.45. The molecule has 0 aliphatic heterocycles. The topological polar surface area (TPSA) is 27.0 Å². The van der Waals surface area contributed by atoms with Crippen molar-refractivity contribution in [2.45, 2.75) is 12.8 Å². The number of nitrogens with zero attached hydrogens (tertiary/aromatic N) is 2. The lowest BCUT2D eigenvalue weighted by atomic mass is 10.1. The highest BCUT2D eigenvalue weighted by Gasteiger charge is 2.25. The van der Waals surface area contributed by atoms with Crippen LogP contribution in [0.15, 0.2) is 22.7 Å². The smallest absolute Gasteiger partial charge is 0.101 e. The fraction of sp³-hybridized carbons (Fsp3) is 0.357. The van der Waals surface area contributed by atoms with Gasteiger partial charge in [0.15, 0.2) is 0 Å². The Bertz CT molecular complexity index is 492. The largest absolute Gasteiger partial charge is 0.359 e. The summed E-state index contributed by atoms with van der Waals surface area (Å²) in [6.45, 7) is 1.51. The zero-order valence-electron chi connectivity index (χ0n) is 9.49. The third-order valence-corrected chi connectivity index (χ3v) is 3.37. The van der Waals surface area contributed by atoms with Gasteiger partial charge in [-0.3, -0.25) is 0 Å². The molecule has 1 aliphatic carbocycles. The summed E-state index contributed by atoms with van der Waals surface area (Å²) in [4.78, 5) is 2.13. The van der Waals surface area contributed by atoms with E-state index in [9.17, 15) is 0 Å². The summed E-state index contributed by atoms with van der Waals surface area (Å²) < 4.78 is 0.976. The van der Waals surface area contributed by atoms with Crippen LogP contribution in [0.2, 0.25) is 0 Å². The molecular weight excluding hydrogens is 276 g/mol. The van der Waals surface area contributed by atoms with Gasteiger partial charge in [0.05, 0.1) is 17.8 Å². The summed E-state index contributed by atoms with van der Waals surface area (Å²) in [5, 5.41) is 9.13. The van der Waals surface area contributed by atoms with E-state index >= 15 is 0 Å². The van der Waals surface area contributed by atoms with Crippen molar-refractivity contribution >= 4 is 21.6 Å². The van der Waals surface area contributed by atoms with Gasteiger partial charge in [0.2, 0.25) is 0 Å². The molecule has 1 saturated carbocycles. The number of terminal acetylenes is 1. The third kappa shape index (κ3) is 3.02. The Labute approximate surface area is 110 Å². The maximum Gasteiger partial charge on any atom is 0.101 e. The highest BCUT2D eigenvalue weighted by Crippen LogP contribution is 2.33. The van der Waals surface area contributed by atoms with Gasteiger partial charge in [-0.15, -0.1) is 6.42 Å². The molecule has 86 valence electrons. The molecule has 17 heavy (non-hydrogen) atoms. The monoisotopic (exact) mass is 288 g/mol. The first-order valence-corrected chi connectivity index (χ1v) is 6.42. The summed E-state index contributed by atoms with van der Waals surface area (Å²) in [5.41, 5.74) is 1.62. The lowest BCUT2D eigenvalue weighted by molar-refractivity contribution is 0.764. The molecule has 0 bridgehead atoms. The van der Waals surface area contributed by atoms with E-state index < -0.39 is 0 Å². The van der Waals surface area contributed by atoms with Crippen LogP contribution in [0.1, 0.15) is 18.4 Å². The van der Waals surface area contributed by atoms with Crippen LogP contribution in [0.4, 0.5) is 5.69 Å². The van der Waals surface area contributed by atoms with Crippen molar-refractivity contribution in [3.63, 3.8) is 0 Å². The van der Waals surface area contributed by atoms with E-state index in [0.717, 1.165) is 22.6 Å². The highest BCUT2D eigenvalue weighted by molar-refractivity contribution is 9.10. The average Bonchev–Trinajstić information content (AvgIpc) is 3.12. The first kappa shape index (κ1) is 12.0. The Morgan fingerprint density at radius 2 is 2.24 bits per heavy atom. The van der Waals surface area contributed by atoms with E-state index in [1.165, 1.54) is 12.8 Å². The predicted molar refractivity (Wildman–Crippen MR) is 72.6 cm³/mol. The van der Waals surface area contributed by atoms with Crippen molar-refractivity contribution in [2.24, 2.45) is 5.92 Å². The van der Waals surface area contributed by atoms with E-state index in [0.29, 0.717) is 12.1 Å². The van der Waals surface area contributed by atoms with E-state index in [1.54, 1.807) is 0 Å². The molecule has 1 fully saturated rings. The molecule has 1 aromatic rings. The molecule has 3 heteroatoms. The van der Waals surface area contributed by atoms with Crippen LogP contribution in [0.5, 0.6) is 0 Å². The molecule has 0 spiro atoms. The Kier molecular flexibility index (Phi) is 3.71. The fourth-order valence-electron chi connectivity index (χ4n) is 1.83. The summed E-state index contributed by atoms with van der Waals surface area (Å²) in [5.74, 6) is 3.42. The van der Waals surface area contributed by atoms with Gasteiger partial charge in [0.1, 0.15) is 6.07 Å². The summed E-state index contributed by atoms with van der Waals surface area (Å²) >= 11 is 3.44. The van der Waals surface area contributed by atoms with Crippen LogP contribution in [-0.4, -0.2) is 13.1 Å². The number of anilines is 1. The molecular formula is C14H13BrN2. The Balaban J connectivity index is 2.30. The van der Waals surface area contributed by atoms with Crippen LogP contribution in [0, 0.1) is 29.6 Å². The summed E-state index contributed by atoms with van der Waals surface area (Å²) in [7, 11) is 0. The van der Waals surface area contributed by atoms with Gasteiger partial charge in [0.25, 0.3) is 0 Å². The average molecular weight is 289 g/mol. The van der Waals surface area contributed by atoms with Gasteiger partial charge in [-0.25, -0.2) is 0 Å². The summed E-state index contributed by atoms with van der Waals surface area (Å²) in [6.07, 6.45) is 7.96. The Morgan fingerprint density at radius 1 is 1.47 bits per heavy atom. The number of rotatable bonds is 4. The van der Waals surface area contributed by atoms with Crippen molar-refractivity contribution < 1.29 is 0 Å². The molecule has 2 nitrogen and oxygen atoms in total. The molecule has 0 amide bonds. The van der Waals surface area contributed by atoms with Crippen LogP contribution < -0.4 is 4.90 Å². The van der Waals surface area contributed by atoms with E-state index in [2.05, 4.69) is 32.8 Å². The minimum Gasteiger partial charge on any atom is -0.359 e. The second kappa shape index (κ2) is 5.25. The van der Waals surface area contributed by atoms with Gasteiger partial charge in [-0.1, -0.05) is 21.9 Å². The van der Waals surface area contributed by atoms with Crippen molar-refractivity contribution in [3.8, 4) is 18.4 Å². The van der Waals surface area contributed by atoms with Crippen molar-refractivity contribution in [3.05, 3.63) is 28.2 Å². The molecule has 0 atom stereocenters. The number of hydrogen-bond donors (Lipinski definition) is 0. The van der Waals surface area contributed by atoms with Crippen molar-refractivity contribution in [1.82, 2.24) is 0 Å². The first-order valence-electron chi connectivity index (χ1n) is 5.62. The van der Waals surface area contributed by atoms with Crippen LogP contribution in [0.25, 0.3) is 0 Å². The standard InChI is InChI=1S/C14H13BrN2/c1-2-7-17(10-11-3-4-11)14-8-13(15)6-5-12(14)9-16/h1,5-6,8,11H,3-4,7,10H2. The van der Waals surface area contributed by atoms with Gasteiger partial charge in [-0.2, -0.15) is 5.26 Å². The molecule has 2 rings (SSSR count). The molecule has 0 aromatic heterocycles. The quantitative estimate of drug-likeness (QED) is 0.796. The predicted octanol–water partition coefficient (Wildman–Crippen LogP) is 3.17. The van der Waals surface area contributed by atoms with Crippen molar-refractivity contribution in [1.29, 1.82) is 5.26 Å². The van der Waals surface area contributed by atoms with Crippen LogP contribution >= 0.6 is 15.9 Å². The van der Waals surface area contributed by atoms with E-state index in [4.69, 9.17) is 11.7 Å². The van der Waals surface area contributed by atoms with Gasteiger partial charge >= 0.3 is 0 Å². The lowest BCUT2D eigenvalue weighted by Crippen LogP contribution is -2.26. The van der Waals surface area contributed by atoms with Crippen LogP contribution in [0.3, 0.4) is 0 Å². The van der Waals surface area contributed by atoms with E-state index in [1.807, 2.05) is 18.2 Å². The molecule has 0 unspecified atom stereocenters. The first-order chi connectivity index (χ1) is 8.24. The molecule has 1 aliphatic rings. The van der Waals surface area contributed by atoms with E-state index in [-0.39, 0.29) is 0 Å². The minimum atomic E-state index is 0.557. The Morgan fingerprint density at radius 3 is 2.82 bits per heavy atom. The minimum absolute atomic E-state index is 0.557. The second-order valence-electron chi connectivity index (χ2n) is 4.30. The zero-order valence-corrected chi connectivity index (χ0v) is 11.1. The zero-order chi connectivity index (χ0) is 12.3.